The molecule has 0 bridgehead atoms. The minimum Gasteiger partial charge on any atom is -0.356 e. The zero-order valence-corrected chi connectivity index (χ0v) is 10.8. The second-order valence-corrected chi connectivity index (χ2v) is 5.83. The average Bonchev–Trinajstić information content (AvgIpc) is 2.86. The van der Waals surface area contributed by atoms with E-state index in [0.717, 1.165) is 18.3 Å². The Bertz CT molecular complexity index is 232. The monoisotopic (exact) mass is 273 g/mol. The first-order chi connectivity index (χ1) is 7.24. The van der Waals surface area contributed by atoms with Crippen molar-refractivity contribution in [3.05, 3.63) is 0 Å². The molecule has 2 nitrogen and oxygen atoms in total. The summed E-state index contributed by atoms with van der Waals surface area (Å²) in [4.78, 5) is 11.7. The summed E-state index contributed by atoms with van der Waals surface area (Å²) in [5.41, 5.74) is 0.408. The van der Waals surface area contributed by atoms with Crippen LogP contribution in [0.15, 0.2) is 0 Å². The lowest BCUT2D eigenvalue weighted by Crippen LogP contribution is -2.31. The second kappa shape index (κ2) is 4.86. The first-order valence-electron chi connectivity index (χ1n) is 6.07. The maximum Gasteiger partial charge on any atom is 0.220 e. The van der Waals surface area contributed by atoms with Crippen LogP contribution in [0, 0.1) is 11.3 Å². The highest BCUT2D eigenvalue weighted by Gasteiger charge is 2.41. The Morgan fingerprint density at radius 2 is 2.00 bits per heavy atom. The summed E-state index contributed by atoms with van der Waals surface area (Å²) in [5, 5.41) is 4.13. The second-order valence-electron chi connectivity index (χ2n) is 5.26. The summed E-state index contributed by atoms with van der Waals surface area (Å²) in [6.45, 7) is 0.879. The van der Waals surface area contributed by atoms with E-state index in [1.54, 1.807) is 0 Å². The molecular formula is C12H20BrNO. The average molecular weight is 274 g/mol. The Kier molecular flexibility index (Phi) is 3.70. The number of alkyl halides is 1. The third-order valence-corrected chi connectivity index (χ3v) is 5.04. The highest BCUT2D eigenvalue weighted by atomic mass is 79.9. The lowest BCUT2D eigenvalue weighted by molar-refractivity contribution is -0.122. The summed E-state index contributed by atoms with van der Waals surface area (Å²) in [5.74, 6) is 0.943. The Balaban J connectivity index is 1.64. The van der Waals surface area contributed by atoms with Crippen LogP contribution in [-0.4, -0.2) is 17.8 Å². The van der Waals surface area contributed by atoms with Crippen molar-refractivity contribution < 1.29 is 4.79 Å². The molecule has 1 N–H and O–H groups in total. The molecule has 1 amide bonds. The Morgan fingerprint density at radius 1 is 1.33 bits per heavy atom. The molecule has 0 aromatic heterocycles. The van der Waals surface area contributed by atoms with Crippen LogP contribution in [0.5, 0.6) is 0 Å². The number of halogens is 1. The number of amides is 1. The molecule has 0 atom stereocenters. The Labute approximate surface area is 100 Å². The van der Waals surface area contributed by atoms with Crippen molar-refractivity contribution >= 4 is 21.8 Å². The molecule has 2 fully saturated rings. The van der Waals surface area contributed by atoms with E-state index < -0.39 is 0 Å². The minimum atomic E-state index is 0.272. The zero-order chi connectivity index (χ0) is 10.7. The minimum absolute atomic E-state index is 0.272. The Hall–Kier alpha value is -0.0500. The molecule has 0 heterocycles. The number of hydrogen-bond acceptors (Lipinski definition) is 1. The van der Waals surface area contributed by atoms with Crippen LogP contribution in [0.3, 0.4) is 0 Å². The molecule has 86 valence electrons. The molecule has 0 spiro atoms. The van der Waals surface area contributed by atoms with E-state index in [-0.39, 0.29) is 5.91 Å². The van der Waals surface area contributed by atoms with Crippen molar-refractivity contribution in [1.82, 2.24) is 5.32 Å². The van der Waals surface area contributed by atoms with Crippen LogP contribution in [0.4, 0.5) is 0 Å². The number of carbonyl (C=O) groups excluding carboxylic acids is 1. The van der Waals surface area contributed by atoms with E-state index in [4.69, 9.17) is 0 Å². The van der Waals surface area contributed by atoms with Crippen LogP contribution < -0.4 is 5.32 Å². The van der Waals surface area contributed by atoms with Crippen molar-refractivity contribution in [2.45, 2.75) is 44.9 Å². The topological polar surface area (TPSA) is 29.1 Å². The van der Waals surface area contributed by atoms with Gasteiger partial charge in [0, 0.05) is 18.3 Å². The standard InChI is InChI=1S/C12H20BrNO/c13-8-12(5-6-12)9-14-11(15)7-10-3-1-2-4-10/h10H,1-9H2,(H,14,15). The van der Waals surface area contributed by atoms with Gasteiger partial charge in [-0.25, -0.2) is 0 Å². The molecule has 0 aromatic carbocycles. The molecule has 15 heavy (non-hydrogen) atoms. The fourth-order valence-electron chi connectivity index (χ4n) is 2.37. The van der Waals surface area contributed by atoms with Gasteiger partial charge in [-0.1, -0.05) is 28.8 Å². The van der Waals surface area contributed by atoms with E-state index >= 15 is 0 Å². The van der Waals surface area contributed by atoms with Crippen LogP contribution in [0.25, 0.3) is 0 Å². The van der Waals surface area contributed by atoms with Gasteiger partial charge in [-0.3, -0.25) is 4.79 Å². The molecule has 2 aliphatic rings. The maximum atomic E-state index is 11.7. The molecule has 0 aliphatic heterocycles. The van der Waals surface area contributed by atoms with Gasteiger partial charge in [-0.2, -0.15) is 0 Å². The predicted molar refractivity (Wildman–Crippen MR) is 65.0 cm³/mol. The highest BCUT2D eigenvalue weighted by molar-refractivity contribution is 9.09. The lowest BCUT2D eigenvalue weighted by Gasteiger charge is -2.14. The van der Waals surface area contributed by atoms with E-state index in [1.807, 2.05) is 0 Å². The summed E-state index contributed by atoms with van der Waals surface area (Å²) in [6.07, 6.45) is 8.46. The van der Waals surface area contributed by atoms with Crippen molar-refractivity contribution in [2.24, 2.45) is 11.3 Å². The van der Waals surface area contributed by atoms with Crippen molar-refractivity contribution in [3.63, 3.8) is 0 Å². The smallest absolute Gasteiger partial charge is 0.220 e. The number of carbonyl (C=O) groups is 1. The van der Waals surface area contributed by atoms with Gasteiger partial charge in [0.05, 0.1) is 0 Å². The molecule has 0 aromatic rings. The van der Waals surface area contributed by atoms with Gasteiger partial charge in [0.1, 0.15) is 0 Å². The molecular weight excluding hydrogens is 254 g/mol. The summed E-state index contributed by atoms with van der Waals surface area (Å²) >= 11 is 3.52. The summed E-state index contributed by atoms with van der Waals surface area (Å²) in [7, 11) is 0. The van der Waals surface area contributed by atoms with Crippen LogP contribution in [0.2, 0.25) is 0 Å². The van der Waals surface area contributed by atoms with Gasteiger partial charge < -0.3 is 5.32 Å². The zero-order valence-electron chi connectivity index (χ0n) is 9.23. The van der Waals surface area contributed by atoms with Crippen LogP contribution in [-0.2, 0) is 4.79 Å². The van der Waals surface area contributed by atoms with Gasteiger partial charge >= 0.3 is 0 Å². The number of rotatable bonds is 5. The summed E-state index contributed by atoms with van der Waals surface area (Å²) in [6, 6.07) is 0. The fourth-order valence-corrected chi connectivity index (χ4v) is 3.13. The van der Waals surface area contributed by atoms with Gasteiger partial charge in [0.25, 0.3) is 0 Å². The first kappa shape index (κ1) is 11.4. The fraction of sp³-hybridized carbons (Fsp3) is 0.917. The quantitative estimate of drug-likeness (QED) is 0.767. The van der Waals surface area contributed by atoms with E-state index in [2.05, 4.69) is 21.2 Å². The van der Waals surface area contributed by atoms with Crippen molar-refractivity contribution in [1.29, 1.82) is 0 Å². The normalized spacial score (nSPS) is 24.1. The summed E-state index contributed by atoms with van der Waals surface area (Å²) < 4.78 is 0. The largest absolute Gasteiger partial charge is 0.356 e. The highest BCUT2D eigenvalue weighted by Crippen LogP contribution is 2.46. The maximum absolute atomic E-state index is 11.7. The van der Waals surface area contributed by atoms with Gasteiger partial charge in [-0.05, 0) is 37.0 Å². The molecule has 2 saturated carbocycles. The van der Waals surface area contributed by atoms with Gasteiger partial charge in [0.15, 0.2) is 0 Å². The third kappa shape index (κ3) is 3.20. The predicted octanol–water partition coefficient (Wildman–Crippen LogP) is 2.86. The van der Waals surface area contributed by atoms with Crippen molar-refractivity contribution in [3.8, 4) is 0 Å². The first-order valence-corrected chi connectivity index (χ1v) is 7.19. The molecule has 0 radical (unpaired) electrons. The van der Waals surface area contributed by atoms with E-state index in [9.17, 15) is 4.79 Å². The molecule has 2 aliphatic carbocycles. The van der Waals surface area contributed by atoms with Gasteiger partial charge in [0.2, 0.25) is 5.91 Å². The SMILES string of the molecule is O=C(CC1CCCC1)NCC1(CBr)CC1. The molecule has 3 heteroatoms. The molecule has 0 unspecified atom stereocenters. The third-order valence-electron chi connectivity index (χ3n) is 3.85. The number of hydrogen-bond donors (Lipinski definition) is 1. The van der Waals surface area contributed by atoms with Crippen molar-refractivity contribution in [2.75, 3.05) is 11.9 Å². The molecule has 2 rings (SSSR count). The van der Waals surface area contributed by atoms with Crippen LogP contribution in [0.1, 0.15) is 44.9 Å². The van der Waals surface area contributed by atoms with E-state index in [1.165, 1.54) is 38.5 Å². The van der Waals surface area contributed by atoms with Crippen LogP contribution >= 0.6 is 15.9 Å². The lowest BCUT2D eigenvalue weighted by atomic mass is 10.0. The Morgan fingerprint density at radius 3 is 2.53 bits per heavy atom. The van der Waals surface area contributed by atoms with Gasteiger partial charge in [-0.15, -0.1) is 0 Å². The molecule has 0 saturated heterocycles. The van der Waals surface area contributed by atoms with E-state index in [0.29, 0.717) is 11.3 Å². The number of nitrogens with one attached hydrogen (secondary N) is 1.